The molecule has 1 saturated heterocycles. The Morgan fingerprint density at radius 1 is 1.19 bits per heavy atom. The Balaban J connectivity index is 0. The van der Waals surface area contributed by atoms with E-state index in [1.54, 1.807) is 19.1 Å². The molecule has 0 spiro atoms. The van der Waals surface area contributed by atoms with Crippen molar-refractivity contribution in [1.29, 1.82) is 0 Å². The molecule has 6 heteroatoms. The Bertz CT molecular complexity index is 600. The van der Waals surface area contributed by atoms with Gasteiger partial charge in [0.25, 0.3) is 0 Å². The molecule has 1 aliphatic heterocycles. The topological polar surface area (TPSA) is 75.7 Å². The summed E-state index contributed by atoms with van der Waals surface area (Å²) >= 11 is 0. The first-order valence-electron chi connectivity index (χ1n) is 9.49. The number of anilines is 1. The summed E-state index contributed by atoms with van der Waals surface area (Å²) in [5.74, 6) is 0.465. The molecule has 0 radical (unpaired) electrons. The average molecular weight is 381 g/mol. The minimum atomic E-state index is -0.141. The zero-order chi connectivity index (χ0) is 21.6. The minimum absolute atomic E-state index is 0.00222. The lowest BCUT2D eigenvalue weighted by atomic mass is 10.0. The molecule has 1 atom stereocenters. The van der Waals surface area contributed by atoms with Gasteiger partial charge < -0.3 is 9.64 Å². The number of amides is 3. The molecule has 3 amide bonds. The van der Waals surface area contributed by atoms with Crippen LogP contribution in [-0.4, -0.2) is 31.9 Å². The molecular weight excluding hydrogens is 344 g/mol. The molecule has 0 aliphatic carbocycles. The number of benzene rings is 1. The largest absolute Gasteiger partial charge is 0.495 e. The molecule has 2 rings (SSSR count). The molecule has 0 saturated carbocycles. The number of imide groups is 1. The molecule has 1 aromatic rings. The van der Waals surface area contributed by atoms with Crippen LogP contribution in [0.15, 0.2) is 18.2 Å². The van der Waals surface area contributed by atoms with E-state index in [1.165, 1.54) is 6.92 Å². The predicted octanol–water partition coefficient (Wildman–Crippen LogP) is 4.10. The maximum Gasteiger partial charge on any atom is 0.229 e. The molecule has 1 aromatic carbocycles. The van der Waals surface area contributed by atoms with Crippen molar-refractivity contribution >= 4 is 23.4 Å². The van der Waals surface area contributed by atoms with Crippen molar-refractivity contribution in [3.05, 3.63) is 23.8 Å². The number of carbonyl (C=O) groups excluding carboxylic acids is 3. The lowest BCUT2D eigenvalue weighted by Crippen LogP contribution is -2.39. The highest BCUT2D eigenvalue weighted by Gasteiger charge is 2.21. The Kier molecular flexibility index (Phi) is 14.7. The van der Waals surface area contributed by atoms with E-state index in [4.69, 9.17) is 4.74 Å². The fourth-order valence-electron chi connectivity index (χ4n) is 2.19. The van der Waals surface area contributed by atoms with E-state index in [0.29, 0.717) is 12.8 Å². The molecule has 154 valence electrons. The molecular formula is C21H36N2O4. The van der Waals surface area contributed by atoms with E-state index < -0.39 is 0 Å². The highest BCUT2D eigenvalue weighted by atomic mass is 16.5. The van der Waals surface area contributed by atoms with Crippen LogP contribution in [0, 0.1) is 12.8 Å². The number of rotatable bonds is 2. The molecule has 27 heavy (non-hydrogen) atoms. The normalized spacial score (nSPS) is 14.8. The monoisotopic (exact) mass is 380 g/mol. The van der Waals surface area contributed by atoms with Crippen molar-refractivity contribution in [3.8, 4) is 5.75 Å². The summed E-state index contributed by atoms with van der Waals surface area (Å²) in [6, 6.07) is 5.71. The third kappa shape index (κ3) is 9.22. The highest BCUT2D eigenvalue weighted by molar-refractivity contribution is 5.98. The minimum Gasteiger partial charge on any atom is -0.495 e. The standard InChI is InChI=1S/C11H15NO2.C6H9NO2.2C2H6/c1-8-6-5-7-10(14-4)11(8)12(3)9(2)13;1-4-2-3-5(8)7-6(4)9;2*1-2/h5-7H,1-4H3;4H,2-3H2,1H3,(H,7,8,9);2*1-2H3. The van der Waals surface area contributed by atoms with Crippen molar-refractivity contribution in [2.45, 2.75) is 61.3 Å². The second kappa shape index (κ2) is 14.8. The second-order valence-electron chi connectivity index (χ2n) is 5.56. The average Bonchev–Trinajstić information content (AvgIpc) is 2.67. The summed E-state index contributed by atoms with van der Waals surface area (Å²) in [7, 11) is 3.35. The lowest BCUT2D eigenvalue weighted by molar-refractivity contribution is -0.135. The second-order valence-corrected chi connectivity index (χ2v) is 5.56. The molecule has 6 nitrogen and oxygen atoms in total. The van der Waals surface area contributed by atoms with E-state index in [9.17, 15) is 14.4 Å². The van der Waals surface area contributed by atoms with Gasteiger partial charge in [-0.2, -0.15) is 0 Å². The Morgan fingerprint density at radius 2 is 1.74 bits per heavy atom. The van der Waals surface area contributed by atoms with E-state index in [0.717, 1.165) is 17.0 Å². The van der Waals surface area contributed by atoms with Crippen molar-refractivity contribution in [3.63, 3.8) is 0 Å². The molecule has 1 heterocycles. The van der Waals surface area contributed by atoms with Gasteiger partial charge in [0.1, 0.15) is 5.75 Å². The number of hydrogen-bond acceptors (Lipinski definition) is 4. The van der Waals surface area contributed by atoms with E-state index >= 15 is 0 Å². The van der Waals surface area contributed by atoms with Crippen LogP contribution in [0.2, 0.25) is 0 Å². The molecule has 0 aromatic heterocycles. The third-order valence-corrected chi connectivity index (χ3v) is 3.74. The summed E-state index contributed by atoms with van der Waals surface area (Å²) in [6.45, 7) is 13.3. The molecule has 1 aliphatic rings. The summed E-state index contributed by atoms with van der Waals surface area (Å²) < 4.78 is 5.20. The molecule has 1 fully saturated rings. The van der Waals surface area contributed by atoms with Crippen LogP contribution in [-0.2, 0) is 14.4 Å². The van der Waals surface area contributed by atoms with Crippen LogP contribution >= 0.6 is 0 Å². The predicted molar refractivity (Wildman–Crippen MR) is 111 cm³/mol. The quantitative estimate of drug-likeness (QED) is 0.784. The SMILES string of the molecule is CC.CC.CC1CCC(=O)NC1=O.COc1cccc(C)c1N(C)C(C)=O. The number of ether oxygens (including phenoxy) is 1. The van der Waals surface area contributed by atoms with Gasteiger partial charge in [0.2, 0.25) is 17.7 Å². The van der Waals surface area contributed by atoms with Crippen LogP contribution in [0.1, 0.15) is 59.9 Å². The van der Waals surface area contributed by atoms with Gasteiger partial charge in [-0.15, -0.1) is 0 Å². The summed E-state index contributed by atoms with van der Waals surface area (Å²) in [5.41, 5.74) is 1.87. The molecule has 1 N–H and O–H groups in total. The maximum atomic E-state index is 11.2. The zero-order valence-corrected chi connectivity index (χ0v) is 18.3. The van der Waals surface area contributed by atoms with E-state index in [1.807, 2.05) is 59.7 Å². The number of piperidine rings is 1. The van der Waals surface area contributed by atoms with Crippen LogP contribution < -0.4 is 15.0 Å². The van der Waals surface area contributed by atoms with Crippen molar-refractivity contribution in [2.24, 2.45) is 5.92 Å². The molecule has 0 bridgehead atoms. The Hall–Kier alpha value is -2.37. The summed E-state index contributed by atoms with van der Waals surface area (Å²) in [4.78, 5) is 34.0. The van der Waals surface area contributed by atoms with Crippen LogP contribution in [0.25, 0.3) is 0 Å². The number of hydrogen-bond donors (Lipinski definition) is 1. The van der Waals surface area contributed by atoms with Gasteiger partial charge in [0.15, 0.2) is 0 Å². The van der Waals surface area contributed by atoms with E-state index in [2.05, 4.69) is 5.32 Å². The Labute approximate surface area is 164 Å². The van der Waals surface area contributed by atoms with Gasteiger partial charge in [0, 0.05) is 26.3 Å². The number of para-hydroxylation sites is 1. The smallest absolute Gasteiger partial charge is 0.229 e. The van der Waals surface area contributed by atoms with Gasteiger partial charge >= 0.3 is 0 Å². The first-order valence-corrected chi connectivity index (χ1v) is 9.49. The molecule has 1 unspecified atom stereocenters. The Morgan fingerprint density at radius 3 is 2.15 bits per heavy atom. The van der Waals surface area contributed by atoms with Crippen molar-refractivity contribution in [1.82, 2.24) is 5.32 Å². The number of nitrogens with one attached hydrogen (secondary N) is 1. The van der Waals surface area contributed by atoms with Crippen LogP contribution in [0.5, 0.6) is 5.75 Å². The van der Waals surface area contributed by atoms with Gasteiger partial charge in [-0.1, -0.05) is 46.8 Å². The number of carbonyl (C=O) groups is 3. The van der Waals surface area contributed by atoms with Gasteiger partial charge in [-0.3, -0.25) is 19.7 Å². The lowest BCUT2D eigenvalue weighted by Gasteiger charge is -2.20. The first kappa shape index (κ1) is 26.9. The van der Waals surface area contributed by atoms with Gasteiger partial charge in [-0.05, 0) is 25.0 Å². The van der Waals surface area contributed by atoms with Gasteiger partial charge in [0.05, 0.1) is 12.8 Å². The third-order valence-electron chi connectivity index (χ3n) is 3.74. The van der Waals surface area contributed by atoms with Gasteiger partial charge in [-0.25, -0.2) is 0 Å². The van der Waals surface area contributed by atoms with Crippen LogP contribution in [0.3, 0.4) is 0 Å². The van der Waals surface area contributed by atoms with Crippen LogP contribution in [0.4, 0.5) is 5.69 Å². The number of methoxy groups -OCH3 is 1. The maximum absolute atomic E-state index is 11.2. The van der Waals surface area contributed by atoms with E-state index in [-0.39, 0.29) is 23.6 Å². The van der Waals surface area contributed by atoms with Crippen molar-refractivity contribution < 1.29 is 19.1 Å². The fourth-order valence-corrected chi connectivity index (χ4v) is 2.19. The summed E-state index contributed by atoms with van der Waals surface area (Å²) in [6.07, 6.45) is 1.19. The highest BCUT2D eigenvalue weighted by Crippen LogP contribution is 2.30. The number of nitrogens with zero attached hydrogens (tertiary/aromatic N) is 1. The van der Waals surface area contributed by atoms with Crippen molar-refractivity contribution in [2.75, 3.05) is 19.1 Å². The fraction of sp³-hybridized carbons (Fsp3) is 0.571. The first-order chi connectivity index (χ1) is 12.8. The number of aryl methyl sites for hydroxylation is 1. The summed E-state index contributed by atoms with van der Waals surface area (Å²) in [5, 5.41) is 2.25. The zero-order valence-electron chi connectivity index (χ0n) is 18.3.